The van der Waals surface area contributed by atoms with Crippen molar-refractivity contribution in [3.05, 3.63) is 11.6 Å². The van der Waals surface area contributed by atoms with E-state index in [9.17, 15) is 4.79 Å². The van der Waals surface area contributed by atoms with E-state index in [0.29, 0.717) is 12.0 Å². The Morgan fingerprint density at radius 2 is 2.40 bits per heavy atom. The summed E-state index contributed by atoms with van der Waals surface area (Å²) in [6.45, 7) is 1.95. The standard InChI is InChI=1S/C8H10O2/c1-3-5-7(4-2)6-8(9)10/h2,6H,3,5H2,1H3,(H,9,10)/b7-6-. The number of hydrogen-bond donors (Lipinski definition) is 1. The first-order valence-corrected chi connectivity index (χ1v) is 3.10. The van der Waals surface area contributed by atoms with E-state index in [2.05, 4.69) is 5.92 Å². The van der Waals surface area contributed by atoms with Crippen LogP contribution in [0.5, 0.6) is 0 Å². The Balaban J connectivity index is 4.08. The fraction of sp³-hybridized carbons (Fsp3) is 0.375. The second-order valence-electron chi connectivity index (χ2n) is 1.90. The molecule has 0 aliphatic carbocycles. The van der Waals surface area contributed by atoms with Crippen LogP contribution in [0.15, 0.2) is 11.6 Å². The lowest BCUT2D eigenvalue weighted by atomic mass is 10.1. The molecule has 2 heteroatoms. The van der Waals surface area contributed by atoms with Gasteiger partial charge in [0.1, 0.15) is 0 Å². The molecular weight excluding hydrogens is 128 g/mol. The minimum Gasteiger partial charge on any atom is -0.478 e. The molecule has 0 aliphatic heterocycles. The normalized spacial score (nSPS) is 10.6. The maximum Gasteiger partial charge on any atom is 0.329 e. The summed E-state index contributed by atoms with van der Waals surface area (Å²) in [5.74, 6) is 1.34. The van der Waals surface area contributed by atoms with Crippen LogP contribution in [0.2, 0.25) is 0 Å². The predicted molar refractivity (Wildman–Crippen MR) is 39.5 cm³/mol. The van der Waals surface area contributed by atoms with E-state index < -0.39 is 5.97 Å². The molecule has 0 unspecified atom stereocenters. The van der Waals surface area contributed by atoms with E-state index in [1.165, 1.54) is 0 Å². The predicted octanol–water partition coefficient (Wildman–Crippen LogP) is 1.43. The highest BCUT2D eigenvalue weighted by Crippen LogP contribution is 2.01. The average molecular weight is 138 g/mol. The summed E-state index contributed by atoms with van der Waals surface area (Å²) in [7, 11) is 0. The lowest BCUT2D eigenvalue weighted by Crippen LogP contribution is -1.90. The fourth-order valence-corrected chi connectivity index (χ4v) is 0.604. The van der Waals surface area contributed by atoms with Crippen molar-refractivity contribution in [2.24, 2.45) is 0 Å². The third kappa shape index (κ3) is 3.73. The monoisotopic (exact) mass is 138 g/mol. The van der Waals surface area contributed by atoms with Crippen LogP contribution in [0.3, 0.4) is 0 Å². The van der Waals surface area contributed by atoms with Gasteiger partial charge in [-0.3, -0.25) is 0 Å². The van der Waals surface area contributed by atoms with Gasteiger partial charge in [0.15, 0.2) is 0 Å². The molecule has 54 valence electrons. The zero-order valence-electron chi connectivity index (χ0n) is 5.92. The summed E-state index contributed by atoms with van der Waals surface area (Å²) in [6, 6.07) is 0. The summed E-state index contributed by atoms with van der Waals surface area (Å²) in [6.07, 6.45) is 7.65. The molecule has 0 saturated heterocycles. The number of rotatable bonds is 3. The first-order chi connectivity index (χ1) is 4.70. The smallest absolute Gasteiger partial charge is 0.329 e. The third-order valence-electron chi connectivity index (χ3n) is 1.00. The van der Waals surface area contributed by atoms with Gasteiger partial charge in [-0.2, -0.15) is 0 Å². The Morgan fingerprint density at radius 1 is 1.80 bits per heavy atom. The Labute approximate surface area is 60.6 Å². The van der Waals surface area contributed by atoms with E-state index in [1.807, 2.05) is 6.92 Å². The molecule has 0 atom stereocenters. The van der Waals surface area contributed by atoms with Crippen LogP contribution in [0, 0.1) is 12.3 Å². The maximum absolute atomic E-state index is 10.1. The minimum absolute atomic E-state index is 0.551. The van der Waals surface area contributed by atoms with Crippen molar-refractivity contribution in [2.75, 3.05) is 0 Å². The van der Waals surface area contributed by atoms with Gasteiger partial charge in [0, 0.05) is 11.6 Å². The number of hydrogen-bond acceptors (Lipinski definition) is 1. The molecular formula is C8H10O2. The Kier molecular flexibility index (Phi) is 4.06. The highest BCUT2D eigenvalue weighted by molar-refractivity contribution is 5.81. The van der Waals surface area contributed by atoms with Gasteiger partial charge < -0.3 is 5.11 Å². The lowest BCUT2D eigenvalue weighted by Gasteiger charge is -1.91. The van der Waals surface area contributed by atoms with Crippen molar-refractivity contribution < 1.29 is 9.90 Å². The molecule has 0 radical (unpaired) electrons. The maximum atomic E-state index is 10.1. The summed E-state index contributed by atoms with van der Waals surface area (Å²) in [5.41, 5.74) is 0.551. The summed E-state index contributed by atoms with van der Waals surface area (Å²) in [4.78, 5) is 10.1. The van der Waals surface area contributed by atoms with Gasteiger partial charge in [-0.25, -0.2) is 4.79 Å². The largest absolute Gasteiger partial charge is 0.478 e. The van der Waals surface area contributed by atoms with Crippen LogP contribution in [0.4, 0.5) is 0 Å². The SMILES string of the molecule is C#C/C(=C/C(=O)O)CCC. The second kappa shape index (κ2) is 4.63. The number of carbonyl (C=O) groups is 1. The van der Waals surface area contributed by atoms with E-state index in [4.69, 9.17) is 11.5 Å². The van der Waals surface area contributed by atoms with Crippen molar-refractivity contribution >= 4 is 5.97 Å². The Bertz CT molecular complexity index is 184. The molecule has 0 aliphatic rings. The van der Waals surface area contributed by atoms with Crippen LogP contribution in [0.25, 0.3) is 0 Å². The van der Waals surface area contributed by atoms with Gasteiger partial charge in [0.05, 0.1) is 0 Å². The quantitative estimate of drug-likeness (QED) is 0.473. The van der Waals surface area contributed by atoms with E-state index in [1.54, 1.807) is 0 Å². The highest BCUT2D eigenvalue weighted by Gasteiger charge is 1.93. The van der Waals surface area contributed by atoms with Crippen LogP contribution in [-0.4, -0.2) is 11.1 Å². The molecule has 0 rings (SSSR count). The van der Waals surface area contributed by atoms with Crippen molar-refractivity contribution in [2.45, 2.75) is 19.8 Å². The summed E-state index contributed by atoms with van der Waals surface area (Å²) < 4.78 is 0. The topological polar surface area (TPSA) is 37.3 Å². The van der Waals surface area contributed by atoms with Gasteiger partial charge in [0.25, 0.3) is 0 Å². The molecule has 0 fully saturated rings. The van der Waals surface area contributed by atoms with Gasteiger partial charge in [0.2, 0.25) is 0 Å². The van der Waals surface area contributed by atoms with Crippen LogP contribution in [-0.2, 0) is 4.79 Å². The number of aliphatic carboxylic acids is 1. The third-order valence-corrected chi connectivity index (χ3v) is 1.00. The Morgan fingerprint density at radius 3 is 2.70 bits per heavy atom. The van der Waals surface area contributed by atoms with Crippen molar-refractivity contribution in [3.8, 4) is 12.3 Å². The molecule has 0 amide bonds. The average Bonchev–Trinajstić information content (AvgIpc) is 1.86. The number of terminal acetylenes is 1. The minimum atomic E-state index is -0.971. The molecule has 2 nitrogen and oxygen atoms in total. The molecule has 0 aromatic carbocycles. The van der Waals surface area contributed by atoms with Crippen molar-refractivity contribution in [1.82, 2.24) is 0 Å². The van der Waals surface area contributed by atoms with Crippen LogP contribution < -0.4 is 0 Å². The molecule has 0 spiro atoms. The first-order valence-electron chi connectivity index (χ1n) is 3.10. The highest BCUT2D eigenvalue weighted by atomic mass is 16.4. The molecule has 10 heavy (non-hydrogen) atoms. The zero-order valence-corrected chi connectivity index (χ0v) is 5.92. The fourth-order valence-electron chi connectivity index (χ4n) is 0.604. The molecule has 0 saturated carbocycles. The van der Waals surface area contributed by atoms with Gasteiger partial charge in [-0.15, -0.1) is 6.42 Å². The van der Waals surface area contributed by atoms with Gasteiger partial charge >= 0.3 is 5.97 Å². The molecule has 0 heterocycles. The molecule has 0 aromatic rings. The molecule has 0 bridgehead atoms. The van der Waals surface area contributed by atoms with E-state index in [-0.39, 0.29) is 0 Å². The number of allylic oxidation sites excluding steroid dienone is 1. The molecule has 0 aromatic heterocycles. The van der Waals surface area contributed by atoms with Crippen LogP contribution in [0.1, 0.15) is 19.8 Å². The first kappa shape index (κ1) is 8.77. The number of carboxylic acid groups (broad SMARTS) is 1. The summed E-state index contributed by atoms with van der Waals surface area (Å²) >= 11 is 0. The zero-order chi connectivity index (χ0) is 7.98. The number of carboxylic acids is 1. The van der Waals surface area contributed by atoms with Crippen molar-refractivity contribution in [3.63, 3.8) is 0 Å². The van der Waals surface area contributed by atoms with E-state index in [0.717, 1.165) is 12.5 Å². The van der Waals surface area contributed by atoms with Gasteiger partial charge in [-0.1, -0.05) is 19.3 Å². The van der Waals surface area contributed by atoms with Gasteiger partial charge in [-0.05, 0) is 6.42 Å². The van der Waals surface area contributed by atoms with Crippen molar-refractivity contribution in [1.29, 1.82) is 0 Å². The van der Waals surface area contributed by atoms with Crippen LogP contribution >= 0.6 is 0 Å². The summed E-state index contributed by atoms with van der Waals surface area (Å²) in [5, 5.41) is 8.27. The second-order valence-corrected chi connectivity index (χ2v) is 1.90. The molecule has 1 N–H and O–H groups in total. The Hall–Kier alpha value is -1.23. The van der Waals surface area contributed by atoms with E-state index >= 15 is 0 Å². The lowest BCUT2D eigenvalue weighted by molar-refractivity contribution is -0.131.